The molecule has 146 valence electrons. The number of aromatic nitrogens is 2. The molecule has 0 fully saturated rings. The van der Waals surface area contributed by atoms with E-state index in [1.54, 1.807) is 26.1 Å². The predicted octanol–water partition coefficient (Wildman–Crippen LogP) is 3.79. The second-order valence-corrected chi connectivity index (χ2v) is 6.75. The molecule has 3 rings (SSSR count). The van der Waals surface area contributed by atoms with Crippen molar-refractivity contribution in [3.63, 3.8) is 0 Å². The van der Waals surface area contributed by atoms with E-state index in [0.717, 1.165) is 29.8 Å². The van der Waals surface area contributed by atoms with Gasteiger partial charge < -0.3 is 10.6 Å². The largest absolute Gasteiger partial charge is 0.356 e. The molecule has 28 heavy (non-hydrogen) atoms. The molecule has 0 radical (unpaired) electrons. The average Bonchev–Trinajstić information content (AvgIpc) is 3.18. The molecule has 0 saturated heterocycles. The van der Waals surface area contributed by atoms with E-state index in [0.29, 0.717) is 11.5 Å². The third-order valence-electron chi connectivity index (χ3n) is 4.64. The fourth-order valence-corrected chi connectivity index (χ4v) is 2.90. The van der Waals surface area contributed by atoms with Gasteiger partial charge in [0.05, 0.1) is 17.9 Å². The smallest absolute Gasteiger partial charge is 0.191 e. The molecule has 1 aromatic heterocycles. The fraction of sp³-hybridized carbons (Fsp3) is 0.273. The van der Waals surface area contributed by atoms with E-state index in [9.17, 15) is 4.39 Å². The minimum Gasteiger partial charge on any atom is -0.356 e. The molecular weight excluding hydrogens is 353 g/mol. The van der Waals surface area contributed by atoms with Gasteiger partial charge in [0.15, 0.2) is 5.96 Å². The second-order valence-electron chi connectivity index (χ2n) is 6.75. The number of benzene rings is 2. The molecule has 0 aliphatic rings. The maximum Gasteiger partial charge on any atom is 0.191 e. The lowest BCUT2D eigenvalue weighted by atomic mass is 10.1. The van der Waals surface area contributed by atoms with E-state index < -0.39 is 0 Å². The van der Waals surface area contributed by atoms with Gasteiger partial charge in [-0.3, -0.25) is 4.99 Å². The van der Waals surface area contributed by atoms with E-state index >= 15 is 0 Å². The van der Waals surface area contributed by atoms with Crippen LogP contribution in [-0.4, -0.2) is 29.3 Å². The highest BCUT2D eigenvalue weighted by Gasteiger charge is 2.10. The first-order valence-corrected chi connectivity index (χ1v) is 9.39. The highest BCUT2D eigenvalue weighted by molar-refractivity contribution is 5.80. The summed E-state index contributed by atoms with van der Waals surface area (Å²) in [6.45, 7) is 4.47. The molecule has 0 bridgehead atoms. The van der Waals surface area contributed by atoms with Gasteiger partial charge in [0.1, 0.15) is 5.82 Å². The molecular formula is C22H26FN5. The SMILES string of the molecule is CN=C(NCCc1cnn(-c2ccccc2)c1)NC(C)c1ccc(C)c(F)c1. The number of aryl methyl sites for hydroxylation is 1. The minimum absolute atomic E-state index is 0.0536. The monoisotopic (exact) mass is 379 g/mol. The summed E-state index contributed by atoms with van der Waals surface area (Å²) in [5.41, 5.74) is 3.71. The summed E-state index contributed by atoms with van der Waals surface area (Å²) in [7, 11) is 1.73. The summed E-state index contributed by atoms with van der Waals surface area (Å²) in [5.74, 6) is 0.494. The van der Waals surface area contributed by atoms with Gasteiger partial charge in [-0.2, -0.15) is 5.10 Å². The van der Waals surface area contributed by atoms with Crippen molar-refractivity contribution in [1.82, 2.24) is 20.4 Å². The van der Waals surface area contributed by atoms with Gasteiger partial charge in [0, 0.05) is 19.8 Å². The van der Waals surface area contributed by atoms with Crippen LogP contribution in [0.4, 0.5) is 4.39 Å². The Labute approximate surface area is 165 Å². The van der Waals surface area contributed by atoms with Crippen LogP contribution in [0.25, 0.3) is 5.69 Å². The van der Waals surface area contributed by atoms with Gasteiger partial charge in [-0.05, 0) is 55.2 Å². The number of guanidine groups is 1. The van der Waals surface area contributed by atoms with Gasteiger partial charge in [-0.15, -0.1) is 0 Å². The lowest BCUT2D eigenvalue weighted by Crippen LogP contribution is -2.39. The van der Waals surface area contributed by atoms with Crippen molar-refractivity contribution in [3.8, 4) is 5.69 Å². The molecule has 1 unspecified atom stereocenters. The predicted molar refractivity (Wildman–Crippen MR) is 111 cm³/mol. The Morgan fingerprint density at radius 1 is 1.21 bits per heavy atom. The molecule has 2 aromatic carbocycles. The van der Waals surface area contributed by atoms with Gasteiger partial charge in [0.2, 0.25) is 0 Å². The van der Waals surface area contributed by atoms with Crippen LogP contribution in [0, 0.1) is 12.7 Å². The number of rotatable bonds is 6. The zero-order chi connectivity index (χ0) is 19.9. The molecule has 6 heteroatoms. The number of para-hydroxylation sites is 1. The van der Waals surface area contributed by atoms with E-state index in [2.05, 4.69) is 20.7 Å². The van der Waals surface area contributed by atoms with Gasteiger partial charge in [-0.1, -0.05) is 30.3 Å². The number of hydrogen-bond donors (Lipinski definition) is 2. The van der Waals surface area contributed by atoms with Gasteiger partial charge >= 0.3 is 0 Å². The number of aliphatic imine (C=N–C) groups is 1. The summed E-state index contributed by atoms with van der Waals surface area (Å²) in [6.07, 6.45) is 4.73. The molecule has 0 amide bonds. The summed E-state index contributed by atoms with van der Waals surface area (Å²) >= 11 is 0. The molecule has 5 nitrogen and oxygen atoms in total. The molecule has 0 aliphatic heterocycles. The van der Waals surface area contributed by atoms with E-state index in [4.69, 9.17) is 0 Å². The zero-order valence-electron chi connectivity index (χ0n) is 16.5. The van der Waals surface area contributed by atoms with Crippen LogP contribution in [-0.2, 0) is 6.42 Å². The molecule has 1 atom stereocenters. The Hall–Kier alpha value is -3.15. The Morgan fingerprint density at radius 2 is 2.00 bits per heavy atom. The zero-order valence-corrected chi connectivity index (χ0v) is 16.5. The van der Waals surface area contributed by atoms with Crippen LogP contribution in [0.5, 0.6) is 0 Å². The third-order valence-corrected chi connectivity index (χ3v) is 4.64. The van der Waals surface area contributed by atoms with Crippen LogP contribution in [0.1, 0.15) is 29.7 Å². The van der Waals surface area contributed by atoms with Gasteiger partial charge in [-0.25, -0.2) is 9.07 Å². The minimum atomic E-state index is -0.190. The molecule has 0 saturated carbocycles. The summed E-state index contributed by atoms with van der Waals surface area (Å²) < 4.78 is 15.7. The van der Waals surface area contributed by atoms with Gasteiger partial charge in [0.25, 0.3) is 0 Å². The van der Waals surface area contributed by atoms with Crippen molar-refractivity contribution >= 4 is 5.96 Å². The molecule has 0 spiro atoms. The Morgan fingerprint density at radius 3 is 2.71 bits per heavy atom. The summed E-state index contributed by atoms with van der Waals surface area (Å²) in [4.78, 5) is 4.26. The average molecular weight is 379 g/mol. The Balaban J connectivity index is 1.52. The van der Waals surface area contributed by atoms with Crippen molar-refractivity contribution in [2.75, 3.05) is 13.6 Å². The van der Waals surface area contributed by atoms with Crippen LogP contribution >= 0.6 is 0 Å². The van der Waals surface area contributed by atoms with E-state index in [1.807, 2.05) is 60.4 Å². The van der Waals surface area contributed by atoms with E-state index in [-0.39, 0.29) is 11.9 Å². The van der Waals surface area contributed by atoms with Crippen LogP contribution in [0.2, 0.25) is 0 Å². The lowest BCUT2D eigenvalue weighted by Gasteiger charge is -2.18. The van der Waals surface area contributed by atoms with Crippen molar-refractivity contribution in [2.45, 2.75) is 26.3 Å². The van der Waals surface area contributed by atoms with Crippen molar-refractivity contribution in [2.24, 2.45) is 4.99 Å². The maximum absolute atomic E-state index is 13.8. The van der Waals surface area contributed by atoms with Crippen LogP contribution < -0.4 is 10.6 Å². The number of nitrogens with one attached hydrogen (secondary N) is 2. The highest BCUT2D eigenvalue weighted by Crippen LogP contribution is 2.16. The quantitative estimate of drug-likeness (QED) is 0.506. The number of halogens is 1. The first kappa shape index (κ1) is 19.6. The molecule has 2 N–H and O–H groups in total. The number of nitrogens with zero attached hydrogens (tertiary/aromatic N) is 3. The van der Waals surface area contributed by atoms with Crippen LogP contribution in [0.3, 0.4) is 0 Å². The van der Waals surface area contributed by atoms with Crippen molar-refractivity contribution in [1.29, 1.82) is 0 Å². The maximum atomic E-state index is 13.8. The van der Waals surface area contributed by atoms with E-state index in [1.165, 1.54) is 0 Å². The Kier molecular flexibility index (Phi) is 6.42. The Bertz CT molecular complexity index is 933. The first-order chi connectivity index (χ1) is 13.6. The lowest BCUT2D eigenvalue weighted by molar-refractivity contribution is 0.607. The molecule has 1 heterocycles. The molecule has 0 aliphatic carbocycles. The fourth-order valence-electron chi connectivity index (χ4n) is 2.90. The summed E-state index contributed by atoms with van der Waals surface area (Å²) in [5, 5.41) is 11.0. The summed E-state index contributed by atoms with van der Waals surface area (Å²) in [6, 6.07) is 15.3. The standard InChI is InChI=1S/C22H26FN5/c1-16-9-10-19(13-21(16)23)17(2)27-22(24-3)25-12-11-18-14-26-28(15-18)20-7-5-4-6-8-20/h4-10,13-15,17H,11-12H2,1-3H3,(H2,24,25,27). The van der Waals surface area contributed by atoms with Crippen LogP contribution in [0.15, 0.2) is 65.9 Å². The van der Waals surface area contributed by atoms with Crippen molar-refractivity contribution in [3.05, 3.63) is 83.4 Å². The number of hydrogen-bond acceptors (Lipinski definition) is 2. The van der Waals surface area contributed by atoms with Crippen molar-refractivity contribution < 1.29 is 4.39 Å². The highest BCUT2D eigenvalue weighted by atomic mass is 19.1. The third kappa shape index (κ3) is 4.97. The second kappa shape index (κ2) is 9.17. The normalized spacial score (nSPS) is 12.6. The topological polar surface area (TPSA) is 54.2 Å². The first-order valence-electron chi connectivity index (χ1n) is 9.39. The molecule has 3 aromatic rings.